The highest BCUT2D eigenvalue weighted by Gasteiger charge is 2.21. The Hall–Kier alpha value is -4.01. The first-order valence-corrected chi connectivity index (χ1v) is 10.9. The van der Waals surface area contributed by atoms with Crippen molar-refractivity contribution < 1.29 is 23.1 Å². The van der Waals surface area contributed by atoms with E-state index in [1.165, 1.54) is 6.20 Å². The van der Waals surface area contributed by atoms with Crippen molar-refractivity contribution in [1.29, 1.82) is 0 Å². The van der Waals surface area contributed by atoms with Gasteiger partial charge in [-0.25, -0.2) is 18.6 Å². The van der Waals surface area contributed by atoms with Gasteiger partial charge in [-0.15, -0.1) is 0 Å². The predicted molar refractivity (Wildman–Crippen MR) is 124 cm³/mol. The van der Waals surface area contributed by atoms with Crippen molar-refractivity contribution in [2.45, 2.75) is 13.0 Å². The molecule has 0 saturated carbocycles. The molecular formula is C25H24F2N4O3. The van der Waals surface area contributed by atoms with Gasteiger partial charge >= 0.3 is 6.09 Å². The Kier molecular flexibility index (Phi) is 7.31. The number of benzene rings is 2. The van der Waals surface area contributed by atoms with Crippen molar-refractivity contribution in [3.8, 4) is 0 Å². The molecule has 2 aromatic carbocycles. The highest BCUT2D eigenvalue weighted by atomic mass is 19.1. The number of nitrogens with zero attached hydrogens (tertiary/aromatic N) is 3. The van der Waals surface area contributed by atoms with E-state index in [0.717, 1.165) is 24.1 Å². The number of nitrogens with one attached hydrogen (secondary N) is 1. The second-order valence-electron chi connectivity index (χ2n) is 7.85. The molecule has 0 aliphatic carbocycles. The lowest BCUT2D eigenvalue weighted by molar-refractivity contribution is 0.0984. The molecule has 7 nitrogen and oxygen atoms in total. The van der Waals surface area contributed by atoms with Gasteiger partial charge in [0.25, 0.3) is 5.91 Å². The lowest BCUT2D eigenvalue weighted by atomic mass is 10.2. The van der Waals surface area contributed by atoms with Gasteiger partial charge in [-0.2, -0.15) is 0 Å². The first-order valence-electron chi connectivity index (χ1n) is 10.9. The van der Waals surface area contributed by atoms with Gasteiger partial charge < -0.3 is 19.9 Å². The number of carbonyl (C=O) groups excluding carboxylic acids is 2. The first kappa shape index (κ1) is 23.2. The number of hydrogen-bond acceptors (Lipinski definition) is 5. The maximum absolute atomic E-state index is 13.8. The molecule has 0 radical (unpaired) electrons. The Balaban J connectivity index is 1.30. The van der Waals surface area contributed by atoms with Crippen molar-refractivity contribution in [3.63, 3.8) is 0 Å². The molecule has 34 heavy (non-hydrogen) atoms. The van der Waals surface area contributed by atoms with Crippen LogP contribution in [-0.2, 0) is 11.3 Å². The number of carbonyl (C=O) groups is 2. The lowest BCUT2D eigenvalue weighted by Crippen LogP contribution is -2.35. The van der Waals surface area contributed by atoms with Crippen LogP contribution < -0.4 is 10.2 Å². The zero-order valence-corrected chi connectivity index (χ0v) is 18.4. The molecule has 1 aliphatic heterocycles. The van der Waals surface area contributed by atoms with Gasteiger partial charge in [0.05, 0.1) is 17.4 Å². The van der Waals surface area contributed by atoms with Gasteiger partial charge in [0.1, 0.15) is 24.1 Å². The smallest absolute Gasteiger partial charge is 0.410 e. The minimum absolute atomic E-state index is 0.233. The summed E-state index contributed by atoms with van der Waals surface area (Å²) in [6.07, 6.45) is 1.89. The number of aromatic nitrogens is 1. The molecule has 1 fully saturated rings. The zero-order chi connectivity index (χ0) is 23.9. The summed E-state index contributed by atoms with van der Waals surface area (Å²) in [5, 5.41) is 2.56. The van der Waals surface area contributed by atoms with E-state index in [4.69, 9.17) is 4.74 Å². The summed E-state index contributed by atoms with van der Waals surface area (Å²) in [7, 11) is 0. The van der Waals surface area contributed by atoms with Gasteiger partial charge in [0.2, 0.25) is 0 Å². The monoisotopic (exact) mass is 466 g/mol. The fraction of sp³-hybridized carbons (Fsp3) is 0.240. The van der Waals surface area contributed by atoms with Crippen LogP contribution in [0.15, 0.2) is 66.9 Å². The Morgan fingerprint density at radius 2 is 1.79 bits per heavy atom. The van der Waals surface area contributed by atoms with Crippen LogP contribution in [0.1, 0.15) is 22.3 Å². The average molecular weight is 466 g/mol. The van der Waals surface area contributed by atoms with E-state index in [2.05, 4.69) is 15.2 Å². The Morgan fingerprint density at radius 1 is 0.971 bits per heavy atom. The molecule has 0 atom stereocenters. The Morgan fingerprint density at radius 3 is 2.53 bits per heavy atom. The van der Waals surface area contributed by atoms with Gasteiger partial charge in [0, 0.05) is 32.2 Å². The number of pyridine rings is 1. The predicted octanol–water partition coefficient (Wildman–Crippen LogP) is 4.46. The maximum Gasteiger partial charge on any atom is 0.410 e. The van der Waals surface area contributed by atoms with Crippen LogP contribution in [0.3, 0.4) is 0 Å². The molecule has 2 amide bonds. The number of halogens is 2. The molecule has 1 aromatic heterocycles. The summed E-state index contributed by atoms with van der Waals surface area (Å²) in [5.41, 5.74) is 1.07. The summed E-state index contributed by atoms with van der Waals surface area (Å²) in [6, 6.07) is 15.7. The van der Waals surface area contributed by atoms with E-state index in [1.54, 1.807) is 17.0 Å². The fourth-order valence-corrected chi connectivity index (χ4v) is 3.66. The molecule has 9 heteroatoms. The number of anilines is 2. The largest absolute Gasteiger partial charge is 0.445 e. The van der Waals surface area contributed by atoms with E-state index in [-0.39, 0.29) is 18.3 Å². The molecule has 4 rings (SSSR count). The summed E-state index contributed by atoms with van der Waals surface area (Å²) < 4.78 is 32.3. The Labute approximate surface area is 196 Å². The highest BCUT2D eigenvalue weighted by molar-refractivity contribution is 6.04. The van der Waals surface area contributed by atoms with Crippen LogP contribution in [0, 0.1) is 11.6 Å². The third-order valence-corrected chi connectivity index (χ3v) is 5.46. The molecule has 0 bridgehead atoms. The van der Waals surface area contributed by atoms with Gasteiger partial charge in [-0.05, 0) is 36.2 Å². The van der Waals surface area contributed by atoms with Crippen molar-refractivity contribution in [3.05, 3.63) is 89.6 Å². The standard InChI is InChI=1S/C25H24F2N4O3/c26-19-7-9-21(22(27)15-19)24(32)29-20-8-10-23(28-16-20)30-11-4-12-31(14-13-30)25(33)34-17-18-5-2-1-3-6-18/h1-3,5-10,15-16H,4,11-14,17H2,(H,29,32). The van der Waals surface area contributed by atoms with Crippen LogP contribution in [0.25, 0.3) is 0 Å². The van der Waals surface area contributed by atoms with Crippen molar-refractivity contribution in [1.82, 2.24) is 9.88 Å². The molecular weight excluding hydrogens is 442 g/mol. The minimum Gasteiger partial charge on any atom is -0.445 e. The number of rotatable bonds is 5. The summed E-state index contributed by atoms with van der Waals surface area (Å²) in [5.74, 6) is -1.67. The van der Waals surface area contributed by atoms with E-state index in [9.17, 15) is 18.4 Å². The molecule has 2 heterocycles. The Bertz CT molecular complexity index is 1140. The number of ether oxygens (including phenoxy) is 1. The van der Waals surface area contributed by atoms with Crippen LogP contribution in [0.4, 0.5) is 25.1 Å². The van der Waals surface area contributed by atoms with Crippen LogP contribution in [0.5, 0.6) is 0 Å². The normalized spacial score (nSPS) is 13.8. The summed E-state index contributed by atoms with van der Waals surface area (Å²) in [6.45, 7) is 2.61. The lowest BCUT2D eigenvalue weighted by Gasteiger charge is -2.22. The molecule has 0 unspecified atom stereocenters. The number of amides is 2. The van der Waals surface area contributed by atoms with E-state index in [0.29, 0.717) is 43.8 Å². The minimum atomic E-state index is -0.932. The molecule has 0 spiro atoms. The SMILES string of the molecule is O=C(Nc1ccc(N2CCCN(C(=O)OCc3ccccc3)CC2)nc1)c1ccc(F)cc1F. The van der Waals surface area contributed by atoms with E-state index in [1.807, 2.05) is 30.3 Å². The average Bonchev–Trinajstić information content (AvgIpc) is 3.10. The van der Waals surface area contributed by atoms with Gasteiger partial charge in [-0.3, -0.25) is 4.79 Å². The topological polar surface area (TPSA) is 74.8 Å². The van der Waals surface area contributed by atoms with Crippen LogP contribution >= 0.6 is 0 Å². The van der Waals surface area contributed by atoms with Crippen molar-refractivity contribution in [2.24, 2.45) is 0 Å². The maximum atomic E-state index is 13.8. The van der Waals surface area contributed by atoms with E-state index >= 15 is 0 Å². The summed E-state index contributed by atoms with van der Waals surface area (Å²) in [4.78, 5) is 32.9. The first-order chi connectivity index (χ1) is 16.5. The molecule has 1 saturated heterocycles. The van der Waals surface area contributed by atoms with Crippen molar-refractivity contribution >= 4 is 23.5 Å². The fourth-order valence-electron chi connectivity index (χ4n) is 3.66. The van der Waals surface area contributed by atoms with Gasteiger partial charge in [-0.1, -0.05) is 30.3 Å². The molecule has 3 aromatic rings. The molecule has 1 aliphatic rings. The quantitative estimate of drug-likeness (QED) is 0.601. The van der Waals surface area contributed by atoms with Crippen molar-refractivity contribution in [2.75, 3.05) is 36.4 Å². The van der Waals surface area contributed by atoms with Crippen LogP contribution in [-0.4, -0.2) is 48.1 Å². The zero-order valence-electron chi connectivity index (χ0n) is 18.4. The second-order valence-corrected chi connectivity index (χ2v) is 7.85. The third-order valence-electron chi connectivity index (χ3n) is 5.46. The number of hydrogen-bond donors (Lipinski definition) is 1. The third kappa shape index (κ3) is 5.86. The second kappa shape index (κ2) is 10.7. The highest BCUT2D eigenvalue weighted by Crippen LogP contribution is 2.18. The van der Waals surface area contributed by atoms with Gasteiger partial charge in [0.15, 0.2) is 0 Å². The molecule has 1 N–H and O–H groups in total. The summed E-state index contributed by atoms with van der Waals surface area (Å²) >= 11 is 0. The molecule has 176 valence electrons. The van der Waals surface area contributed by atoms with E-state index < -0.39 is 17.5 Å². The van der Waals surface area contributed by atoms with Crippen LogP contribution in [0.2, 0.25) is 0 Å².